The largest absolute Gasteiger partial charge is 0.489 e. The molecule has 0 radical (unpaired) electrons. The number of carbonyl (C=O) groups excluding carboxylic acids is 1. The van der Waals surface area contributed by atoms with E-state index < -0.39 is 5.60 Å². The second-order valence-electron chi connectivity index (χ2n) is 6.35. The van der Waals surface area contributed by atoms with E-state index in [-0.39, 0.29) is 11.4 Å². The first-order chi connectivity index (χ1) is 10.8. The van der Waals surface area contributed by atoms with Gasteiger partial charge in [-0.2, -0.15) is 0 Å². The standard InChI is InChI=1S/C15H23ClN4O3/c1-15(2,3)23-14(21)20-6-4-19(5-7-20)8-9-22-12-10-17-13(16)18-11-12/h10-11H,4-9H2,1-3H3. The third-order valence-corrected chi connectivity index (χ3v) is 3.49. The molecule has 1 aromatic rings. The van der Waals surface area contributed by atoms with Crippen molar-refractivity contribution in [3.05, 3.63) is 17.7 Å². The third-order valence-electron chi connectivity index (χ3n) is 3.30. The normalized spacial score (nSPS) is 16.3. The smallest absolute Gasteiger partial charge is 0.410 e. The maximum absolute atomic E-state index is 12.0. The molecule has 0 spiro atoms. The van der Waals surface area contributed by atoms with Gasteiger partial charge in [0.05, 0.1) is 12.4 Å². The quantitative estimate of drug-likeness (QED) is 0.780. The molecule has 1 saturated heterocycles. The van der Waals surface area contributed by atoms with Gasteiger partial charge in [0.1, 0.15) is 12.2 Å². The molecule has 0 bridgehead atoms. The Morgan fingerprint density at radius 1 is 1.22 bits per heavy atom. The Labute approximate surface area is 141 Å². The summed E-state index contributed by atoms with van der Waals surface area (Å²) >= 11 is 5.62. The summed E-state index contributed by atoms with van der Waals surface area (Å²) in [7, 11) is 0. The van der Waals surface area contributed by atoms with Gasteiger partial charge in [-0.25, -0.2) is 14.8 Å². The van der Waals surface area contributed by atoms with E-state index in [1.165, 1.54) is 0 Å². The van der Waals surface area contributed by atoms with E-state index in [9.17, 15) is 4.79 Å². The summed E-state index contributed by atoms with van der Waals surface area (Å²) in [5, 5.41) is 0.204. The van der Waals surface area contributed by atoms with Crippen molar-refractivity contribution in [1.82, 2.24) is 19.8 Å². The molecule has 128 valence electrons. The summed E-state index contributed by atoms with van der Waals surface area (Å²) in [6.45, 7) is 9.89. The van der Waals surface area contributed by atoms with Gasteiger partial charge in [0.25, 0.3) is 0 Å². The lowest BCUT2D eigenvalue weighted by atomic mass is 10.2. The minimum atomic E-state index is -0.456. The number of nitrogens with zero attached hydrogens (tertiary/aromatic N) is 4. The predicted octanol–water partition coefficient (Wildman–Crippen LogP) is 2.06. The summed E-state index contributed by atoms with van der Waals surface area (Å²) in [6.07, 6.45) is 2.86. The van der Waals surface area contributed by atoms with Crippen LogP contribution in [-0.2, 0) is 4.74 Å². The van der Waals surface area contributed by atoms with Crippen LogP contribution in [0.4, 0.5) is 4.79 Å². The highest BCUT2D eigenvalue weighted by molar-refractivity contribution is 6.28. The van der Waals surface area contributed by atoms with Gasteiger partial charge in [-0.1, -0.05) is 0 Å². The van der Waals surface area contributed by atoms with E-state index in [0.29, 0.717) is 25.4 Å². The van der Waals surface area contributed by atoms with Gasteiger partial charge in [0.2, 0.25) is 5.28 Å². The van der Waals surface area contributed by atoms with Gasteiger partial charge < -0.3 is 14.4 Å². The van der Waals surface area contributed by atoms with Crippen molar-refractivity contribution < 1.29 is 14.3 Å². The van der Waals surface area contributed by atoms with Gasteiger partial charge in [0.15, 0.2) is 5.75 Å². The lowest BCUT2D eigenvalue weighted by Gasteiger charge is -2.35. The zero-order valence-corrected chi connectivity index (χ0v) is 14.5. The maximum atomic E-state index is 12.0. The second kappa shape index (κ2) is 7.79. The average Bonchev–Trinajstić information content (AvgIpc) is 2.48. The average molecular weight is 343 g/mol. The van der Waals surface area contributed by atoms with Crippen LogP contribution in [0.2, 0.25) is 5.28 Å². The van der Waals surface area contributed by atoms with E-state index in [1.54, 1.807) is 17.3 Å². The zero-order valence-electron chi connectivity index (χ0n) is 13.8. The molecule has 0 aliphatic carbocycles. The Bertz CT molecular complexity index is 510. The van der Waals surface area contributed by atoms with Crippen LogP contribution in [0.15, 0.2) is 12.4 Å². The molecule has 1 aliphatic rings. The lowest BCUT2D eigenvalue weighted by molar-refractivity contribution is 0.0137. The highest BCUT2D eigenvalue weighted by Crippen LogP contribution is 2.12. The van der Waals surface area contributed by atoms with Crippen LogP contribution in [0.5, 0.6) is 5.75 Å². The van der Waals surface area contributed by atoms with Crippen LogP contribution in [0.1, 0.15) is 20.8 Å². The molecule has 23 heavy (non-hydrogen) atoms. The highest BCUT2D eigenvalue weighted by Gasteiger charge is 2.25. The lowest BCUT2D eigenvalue weighted by Crippen LogP contribution is -2.50. The van der Waals surface area contributed by atoms with Crippen LogP contribution in [-0.4, -0.2) is 70.8 Å². The number of carbonyl (C=O) groups is 1. The van der Waals surface area contributed by atoms with Crippen LogP contribution in [0.25, 0.3) is 0 Å². The van der Waals surface area contributed by atoms with Crippen LogP contribution in [0.3, 0.4) is 0 Å². The monoisotopic (exact) mass is 342 g/mol. The van der Waals surface area contributed by atoms with E-state index in [0.717, 1.165) is 19.6 Å². The van der Waals surface area contributed by atoms with Gasteiger partial charge >= 0.3 is 6.09 Å². The Morgan fingerprint density at radius 2 is 1.83 bits per heavy atom. The summed E-state index contributed by atoms with van der Waals surface area (Å²) in [6, 6.07) is 0. The molecule has 8 heteroatoms. The zero-order chi connectivity index (χ0) is 16.9. The number of hydrogen-bond donors (Lipinski definition) is 0. The van der Waals surface area contributed by atoms with Crippen molar-refractivity contribution >= 4 is 17.7 Å². The first-order valence-electron chi connectivity index (χ1n) is 7.64. The molecule has 0 atom stereocenters. The summed E-state index contributed by atoms with van der Waals surface area (Å²) in [5.74, 6) is 0.599. The summed E-state index contributed by atoms with van der Waals surface area (Å²) in [4.78, 5) is 23.7. The number of rotatable bonds is 4. The van der Waals surface area contributed by atoms with Crippen molar-refractivity contribution in [2.24, 2.45) is 0 Å². The Hall–Kier alpha value is -1.60. The van der Waals surface area contributed by atoms with Gasteiger partial charge in [0, 0.05) is 32.7 Å². The molecule has 0 saturated carbocycles. The Balaban J connectivity index is 1.66. The Kier molecular flexibility index (Phi) is 6.01. The number of halogens is 1. The van der Waals surface area contributed by atoms with E-state index in [4.69, 9.17) is 21.1 Å². The van der Waals surface area contributed by atoms with Crippen LogP contribution >= 0.6 is 11.6 Å². The fraction of sp³-hybridized carbons (Fsp3) is 0.667. The molecular weight excluding hydrogens is 320 g/mol. The molecule has 1 amide bonds. The molecule has 1 aliphatic heterocycles. The molecule has 0 N–H and O–H groups in total. The fourth-order valence-electron chi connectivity index (χ4n) is 2.15. The van der Waals surface area contributed by atoms with Gasteiger partial charge in [-0.15, -0.1) is 0 Å². The number of piperazine rings is 1. The molecule has 2 heterocycles. The summed E-state index contributed by atoms with van der Waals surface area (Å²) < 4.78 is 11.0. The van der Waals surface area contributed by atoms with E-state index >= 15 is 0 Å². The van der Waals surface area contributed by atoms with Crippen molar-refractivity contribution in [3.8, 4) is 5.75 Å². The number of aromatic nitrogens is 2. The SMILES string of the molecule is CC(C)(C)OC(=O)N1CCN(CCOc2cnc(Cl)nc2)CC1. The Morgan fingerprint density at radius 3 is 2.39 bits per heavy atom. The molecular formula is C15H23ClN4O3. The molecule has 1 fully saturated rings. The number of amides is 1. The molecule has 2 rings (SSSR count). The number of hydrogen-bond acceptors (Lipinski definition) is 6. The second-order valence-corrected chi connectivity index (χ2v) is 6.68. The molecule has 7 nitrogen and oxygen atoms in total. The number of ether oxygens (including phenoxy) is 2. The van der Waals surface area contributed by atoms with Crippen molar-refractivity contribution in [2.45, 2.75) is 26.4 Å². The van der Waals surface area contributed by atoms with Crippen LogP contribution < -0.4 is 4.74 Å². The highest BCUT2D eigenvalue weighted by atomic mass is 35.5. The van der Waals surface area contributed by atoms with E-state index in [1.807, 2.05) is 20.8 Å². The minimum absolute atomic E-state index is 0.204. The van der Waals surface area contributed by atoms with Crippen molar-refractivity contribution in [2.75, 3.05) is 39.3 Å². The van der Waals surface area contributed by atoms with Crippen LogP contribution in [0, 0.1) is 0 Å². The molecule has 0 aromatic carbocycles. The maximum Gasteiger partial charge on any atom is 0.410 e. The first kappa shape index (κ1) is 17.7. The fourth-order valence-corrected chi connectivity index (χ4v) is 2.25. The van der Waals surface area contributed by atoms with Crippen molar-refractivity contribution in [3.63, 3.8) is 0 Å². The van der Waals surface area contributed by atoms with Gasteiger partial charge in [-0.3, -0.25) is 4.90 Å². The van der Waals surface area contributed by atoms with Gasteiger partial charge in [-0.05, 0) is 32.4 Å². The first-order valence-corrected chi connectivity index (χ1v) is 8.02. The topological polar surface area (TPSA) is 67.8 Å². The molecule has 1 aromatic heterocycles. The minimum Gasteiger partial charge on any atom is -0.489 e. The third kappa shape index (κ3) is 6.19. The summed E-state index contributed by atoms with van der Waals surface area (Å²) in [5.41, 5.74) is -0.456. The van der Waals surface area contributed by atoms with Crippen molar-refractivity contribution in [1.29, 1.82) is 0 Å². The molecule has 0 unspecified atom stereocenters. The van der Waals surface area contributed by atoms with E-state index in [2.05, 4.69) is 14.9 Å². The predicted molar refractivity (Wildman–Crippen MR) is 86.8 cm³/mol.